The molecule has 1 aliphatic heterocycles. The van der Waals surface area contributed by atoms with Crippen LogP contribution < -0.4 is 4.90 Å². The van der Waals surface area contributed by atoms with E-state index in [4.69, 9.17) is 0 Å². The lowest BCUT2D eigenvalue weighted by Gasteiger charge is -2.17. The molecule has 2 aromatic rings. The Labute approximate surface area is 111 Å². The Morgan fingerprint density at radius 3 is 2.63 bits per heavy atom. The summed E-state index contributed by atoms with van der Waals surface area (Å²) in [7, 11) is 0. The molecule has 3 rings (SSSR count). The second kappa shape index (κ2) is 4.84. The van der Waals surface area contributed by atoms with E-state index in [1.54, 1.807) is 12.1 Å². The van der Waals surface area contributed by atoms with Gasteiger partial charge in [-0.25, -0.2) is 4.39 Å². The van der Waals surface area contributed by atoms with Crippen LogP contribution in [0.1, 0.15) is 11.1 Å². The van der Waals surface area contributed by atoms with Crippen LogP contribution in [-0.2, 0) is 17.6 Å². The van der Waals surface area contributed by atoms with Gasteiger partial charge in [0.15, 0.2) is 0 Å². The highest BCUT2D eigenvalue weighted by Gasteiger charge is 2.23. The van der Waals surface area contributed by atoms with Crippen LogP contribution in [0.3, 0.4) is 0 Å². The van der Waals surface area contributed by atoms with Gasteiger partial charge in [0, 0.05) is 12.2 Å². The number of benzene rings is 2. The highest BCUT2D eigenvalue weighted by molar-refractivity contribution is 5.96. The Morgan fingerprint density at radius 1 is 1.11 bits per heavy atom. The molecule has 0 saturated heterocycles. The second-order valence-corrected chi connectivity index (χ2v) is 4.73. The average molecular weight is 255 g/mol. The molecule has 0 bridgehead atoms. The van der Waals surface area contributed by atoms with Gasteiger partial charge in [-0.05, 0) is 35.7 Å². The number of rotatable bonds is 2. The van der Waals surface area contributed by atoms with Crippen molar-refractivity contribution in [2.24, 2.45) is 0 Å². The SMILES string of the molecule is O=C(Cc1ccc(F)cc1)N1CCc2ccccc21. The summed E-state index contributed by atoms with van der Waals surface area (Å²) < 4.78 is 12.8. The zero-order valence-electron chi connectivity index (χ0n) is 10.5. The molecule has 2 nitrogen and oxygen atoms in total. The summed E-state index contributed by atoms with van der Waals surface area (Å²) in [5.74, 6) is -0.209. The van der Waals surface area contributed by atoms with Gasteiger partial charge in [-0.15, -0.1) is 0 Å². The molecule has 1 amide bonds. The fourth-order valence-electron chi connectivity index (χ4n) is 2.47. The van der Waals surface area contributed by atoms with E-state index < -0.39 is 0 Å². The molecule has 0 saturated carbocycles. The van der Waals surface area contributed by atoms with Crippen molar-refractivity contribution in [3.63, 3.8) is 0 Å². The number of hydrogen-bond acceptors (Lipinski definition) is 1. The lowest BCUT2D eigenvalue weighted by molar-refractivity contribution is -0.117. The highest BCUT2D eigenvalue weighted by atomic mass is 19.1. The third kappa shape index (κ3) is 2.36. The zero-order chi connectivity index (χ0) is 13.2. The van der Waals surface area contributed by atoms with Crippen LogP contribution in [-0.4, -0.2) is 12.5 Å². The number of anilines is 1. The predicted octanol–water partition coefficient (Wildman–Crippen LogP) is 2.96. The van der Waals surface area contributed by atoms with E-state index in [1.165, 1.54) is 17.7 Å². The van der Waals surface area contributed by atoms with Gasteiger partial charge in [0.2, 0.25) is 5.91 Å². The molecule has 0 aliphatic carbocycles. The smallest absolute Gasteiger partial charge is 0.231 e. The monoisotopic (exact) mass is 255 g/mol. The standard InChI is InChI=1S/C16H14FNO/c17-14-7-5-12(6-8-14)11-16(19)18-10-9-13-3-1-2-4-15(13)18/h1-8H,9-11H2. The van der Waals surface area contributed by atoms with Crippen molar-refractivity contribution in [2.75, 3.05) is 11.4 Å². The molecule has 0 fully saturated rings. The number of carbonyl (C=O) groups is 1. The number of carbonyl (C=O) groups excluding carboxylic acids is 1. The number of hydrogen-bond donors (Lipinski definition) is 0. The number of fused-ring (bicyclic) bond motifs is 1. The fourth-order valence-corrected chi connectivity index (χ4v) is 2.47. The zero-order valence-corrected chi connectivity index (χ0v) is 10.5. The largest absolute Gasteiger partial charge is 0.312 e. The summed E-state index contributed by atoms with van der Waals surface area (Å²) in [4.78, 5) is 14.1. The second-order valence-electron chi connectivity index (χ2n) is 4.73. The van der Waals surface area contributed by atoms with Gasteiger partial charge in [0.1, 0.15) is 5.82 Å². The third-order valence-electron chi connectivity index (χ3n) is 3.46. The molecule has 3 heteroatoms. The normalized spacial score (nSPS) is 13.4. The Hall–Kier alpha value is -2.16. The average Bonchev–Trinajstić information content (AvgIpc) is 2.85. The summed E-state index contributed by atoms with van der Waals surface area (Å²) in [6.45, 7) is 0.735. The maximum Gasteiger partial charge on any atom is 0.231 e. The van der Waals surface area contributed by atoms with Gasteiger partial charge < -0.3 is 4.90 Å². The molecule has 1 aliphatic rings. The molecule has 2 aromatic carbocycles. The molecular formula is C16H14FNO. The van der Waals surface area contributed by atoms with E-state index in [1.807, 2.05) is 23.1 Å². The number of nitrogens with zero attached hydrogens (tertiary/aromatic N) is 1. The van der Waals surface area contributed by atoms with Crippen molar-refractivity contribution in [2.45, 2.75) is 12.8 Å². The van der Waals surface area contributed by atoms with Gasteiger partial charge in [-0.3, -0.25) is 4.79 Å². The summed E-state index contributed by atoms with van der Waals surface area (Å²) >= 11 is 0. The van der Waals surface area contributed by atoms with Crippen molar-refractivity contribution in [1.82, 2.24) is 0 Å². The van der Waals surface area contributed by atoms with E-state index in [0.29, 0.717) is 6.42 Å². The molecule has 96 valence electrons. The topological polar surface area (TPSA) is 20.3 Å². The van der Waals surface area contributed by atoms with Crippen molar-refractivity contribution < 1.29 is 9.18 Å². The minimum atomic E-state index is -0.275. The van der Waals surface area contributed by atoms with Gasteiger partial charge in [0.25, 0.3) is 0 Å². The summed E-state index contributed by atoms with van der Waals surface area (Å²) in [6, 6.07) is 14.1. The van der Waals surface area contributed by atoms with E-state index in [-0.39, 0.29) is 11.7 Å². The Kier molecular flexibility index (Phi) is 3.03. The highest BCUT2D eigenvalue weighted by Crippen LogP contribution is 2.27. The molecule has 0 aromatic heterocycles. The molecule has 0 atom stereocenters. The maximum atomic E-state index is 12.8. The lowest BCUT2D eigenvalue weighted by Crippen LogP contribution is -2.30. The van der Waals surface area contributed by atoms with Gasteiger partial charge in [-0.1, -0.05) is 30.3 Å². The molecule has 0 N–H and O–H groups in total. The Balaban J connectivity index is 1.77. The van der Waals surface area contributed by atoms with Crippen molar-refractivity contribution in [3.8, 4) is 0 Å². The van der Waals surface area contributed by atoms with Crippen molar-refractivity contribution in [3.05, 3.63) is 65.5 Å². The minimum absolute atomic E-state index is 0.0663. The van der Waals surface area contributed by atoms with Crippen LogP contribution in [0.4, 0.5) is 10.1 Å². The molecular weight excluding hydrogens is 241 g/mol. The first-order chi connectivity index (χ1) is 9.24. The van der Waals surface area contributed by atoms with Crippen LogP contribution in [0.2, 0.25) is 0 Å². The third-order valence-corrected chi connectivity index (χ3v) is 3.46. The predicted molar refractivity (Wildman–Crippen MR) is 72.6 cm³/mol. The summed E-state index contributed by atoms with van der Waals surface area (Å²) in [5, 5.41) is 0. The van der Waals surface area contributed by atoms with E-state index in [9.17, 15) is 9.18 Å². The van der Waals surface area contributed by atoms with E-state index in [0.717, 1.165) is 24.2 Å². The lowest BCUT2D eigenvalue weighted by atomic mass is 10.1. The van der Waals surface area contributed by atoms with Crippen molar-refractivity contribution >= 4 is 11.6 Å². The molecule has 0 unspecified atom stereocenters. The quantitative estimate of drug-likeness (QED) is 0.808. The first kappa shape index (κ1) is 11.9. The first-order valence-corrected chi connectivity index (χ1v) is 6.37. The number of para-hydroxylation sites is 1. The van der Waals surface area contributed by atoms with Crippen LogP contribution in [0.25, 0.3) is 0 Å². The number of amides is 1. The van der Waals surface area contributed by atoms with Gasteiger partial charge in [-0.2, -0.15) is 0 Å². The van der Waals surface area contributed by atoms with Gasteiger partial charge >= 0.3 is 0 Å². The molecule has 0 spiro atoms. The summed E-state index contributed by atoms with van der Waals surface area (Å²) in [5.41, 5.74) is 3.07. The first-order valence-electron chi connectivity index (χ1n) is 6.37. The Morgan fingerprint density at radius 2 is 1.84 bits per heavy atom. The van der Waals surface area contributed by atoms with Crippen LogP contribution in [0.5, 0.6) is 0 Å². The van der Waals surface area contributed by atoms with E-state index >= 15 is 0 Å². The van der Waals surface area contributed by atoms with E-state index in [2.05, 4.69) is 6.07 Å². The molecule has 0 radical (unpaired) electrons. The molecule has 19 heavy (non-hydrogen) atoms. The van der Waals surface area contributed by atoms with Crippen LogP contribution in [0.15, 0.2) is 48.5 Å². The summed E-state index contributed by atoms with van der Waals surface area (Å²) in [6.07, 6.45) is 1.22. The van der Waals surface area contributed by atoms with Gasteiger partial charge in [0.05, 0.1) is 6.42 Å². The molecule has 1 heterocycles. The van der Waals surface area contributed by atoms with Crippen LogP contribution >= 0.6 is 0 Å². The minimum Gasteiger partial charge on any atom is -0.312 e. The maximum absolute atomic E-state index is 12.8. The van der Waals surface area contributed by atoms with Crippen molar-refractivity contribution in [1.29, 1.82) is 0 Å². The Bertz CT molecular complexity index is 606. The number of halogens is 1. The van der Waals surface area contributed by atoms with Crippen LogP contribution in [0, 0.1) is 5.82 Å². The fraction of sp³-hybridized carbons (Fsp3) is 0.188.